The fraction of sp³-hybridized carbons (Fsp3) is 0.435. The van der Waals surface area contributed by atoms with E-state index in [4.69, 9.17) is 18.9 Å². The van der Waals surface area contributed by atoms with Gasteiger partial charge in [0.2, 0.25) is 12.4 Å². The van der Waals surface area contributed by atoms with Crippen molar-refractivity contribution in [3.05, 3.63) is 77.9 Å². The van der Waals surface area contributed by atoms with Gasteiger partial charge in [-0.3, -0.25) is 0 Å². The standard InChI is InChI=1S/C23H29O5/c1-16(2)27-23-20(24)22(26-15-19-12-8-5-9-13-19)21(17(3)28-23)25-14-18-10-6-4-7-11-18/h4-13,17,20-24H,14-15H2,1-3H3/q+1/t17?,20?,21-,22+,23-/m0/s1. The molecule has 1 saturated heterocycles. The van der Waals surface area contributed by atoms with Crippen molar-refractivity contribution in [3.63, 3.8) is 0 Å². The monoisotopic (exact) mass is 385 g/mol. The van der Waals surface area contributed by atoms with Gasteiger partial charge in [0.15, 0.2) is 0 Å². The molecule has 5 heteroatoms. The molecule has 28 heavy (non-hydrogen) atoms. The van der Waals surface area contributed by atoms with E-state index in [0.29, 0.717) is 13.2 Å². The molecule has 0 radical (unpaired) electrons. The normalized spacial score (nSPS) is 27.5. The van der Waals surface area contributed by atoms with Crippen LogP contribution in [0.4, 0.5) is 0 Å². The second-order valence-electron chi connectivity index (χ2n) is 7.25. The third-order valence-corrected chi connectivity index (χ3v) is 4.67. The Morgan fingerprint density at radius 1 is 0.857 bits per heavy atom. The highest BCUT2D eigenvalue weighted by atomic mass is 16.7. The summed E-state index contributed by atoms with van der Waals surface area (Å²) >= 11 is 0. The van der Waals surface area contributed by atoms with E-state index in [9.17, 15) is 5.11 Å². The molecule has 0 bridgehead atoms. The Morgan fingerprint density at radius 2 is 1.36 bits per heavy atom. The minimum atomic E-state index is -0.962. The number of hydrogen-bond donors (Lipinski definition) is 1. The molecule has 150 valence electrons. The van der Waals surface area contributed by atoms with Crippen LogP contribution >= 0.6 is 0 Å². The van der Waals surface area contributed by atoms with Crippen LogP contribution < -0.4 is 0 Å². The maximum atomic E-state index is 10.9. The number of aliphatic hydroxyl groups excluding tert-OH is 1. The molecule has 1 aliphatic heterocycles. The van der Waals surface area contributed by atoms with Crippen LogP contribution in [0.25, 0.3) is 0 Å². The van der Waals surface area contributed by atoms with Crippen molar-refractivity contribution >= 4 is 0 Å². The first-order chi connectivity index (χ1) is 13.5. The van der Waals surface area contributed by atoms with Gasteiger partial charge in [-0.15, -0.1) is 0 Å². The lowest BCUT2D eigenvalue weighted by atomic mass is 9.99. The molecule has 1 heterocycles. The molecule has 0 aliphatic carbocycles. The van der Waals surface area contributed by atoms with Crippen molar-refractivity contribution in [3.8, 4) is 0 Å². The summed E-state index contributed by atoms with van der Waals surface area (Å²) < 4.78 is 23.8. The van der Waals surface area contributed by atoms with E-state index in [1.54, 1.807) is 0 Å². The minimum absolute atomic E-state index is 0.294. The van der Waals surface area contributed by atoms with Gasteiger partial charge in [0.1, 0.15) is 32.2 Å². The molecular weight excluding hydrogens is 356 g/mol. The maximum absolute atomic E-state index is 10.9. The topological polar surface area (TPSA) is 57.2 Å². The van der Waals surface area contributed by atoms with E-state index in [-0.39, 0.29) is 6.10 Å². The van der Waals surface area contributed by atoms with E-state index >= 15 is 0 Å². The molecule has 2 aromatic rings. The summed E-state index contributed by atoms with van der Waals surface area (Å²) in [7, 11) is 0. The van der Waals surface area contributed by atoms with E-state index in [1.807, 2.05) is 81.4 Å². The molecular formula is C23H29O5+. The van der Waals surface area contributed by atoms with Crippen LogP contribution in [0.15, 0.2) is 60.7 Å². The number of benzene rings is 2. The van der Waals surface area contributed by atoms with Crippen LogP contribution in [0.3, 0.4) is 0 Å². The summed E-state index contributed by atoms with van der Waals surface area (Å²) in [5.74, 6) is 0. The van der Waals surface area contributed by atoms with E-state index in [0.717, 1.165) is 17.2 Å². The van der Waals surface area contributed by atoms with Gasteiger partial charge in [-0.1, -0.05) is 60.7 Å². The van der Waals surface area contributed by atoms with Crippen molar-refractivity contribution in [1.82, 2.24) is 0 Å². The molecule has 0 spiro atoms. The molecule has 1 N–H and O–H groups in total. The van der Waals surface area contributed by atoms with Gasteiger partial charge in [0.25, 0.3) is 0 Å². The van der Waals surface area contributed by atoms with Gasteiger partial charge < -0.3 is 19.3 Å². The third-order valence-electron chi connectivity index (χ3n) is 4.67. The van der Waals surface area contributed by atoms with Crippen molar-refractivity contribution in [2.45, 2.75) is 64.7 Å². The number of hydrogen-bond acceptors (Lipinski definition) is 5. The molecule has 5 nitrogen and oxygen atoms in total. The van der Waals surface area contributed by atoms with Crippen LogP contribution in [-0.2, 0) is 32.2 Å². The van der Waals surface area contributed by atoms with Gasteiger partial charge in [0.05, 0.1) is 19.3 Å². The Kier molecular flexibility index (Phi) is 7.48. The summed E-state index contributed by atoms with van der Waals surface area (Å²) in [6, 6.07) is 19.8. The zero-order valence-electron chi connectivity index (χ0n) is 16.7. The average Bonchev–Trinajstić information content (AvgIpc) is 2.69. The van der Waals surface area contributed by atoms with Crippen LogP contribution in [-0.4, -0.2) is 35.8 Å². The lowest BCUT2D eigenvalue weighted by Crippen LogP contribution is -2.59. The van der Waals surface area contributed by atoms with Crippen molar-refractivity contribution in [2.24, 2.45) is 0 Å². The molecule has 1 aliphatic rings. The Labute approximate surface area is 167 Å². The van der Waals surface area contributed by atoms with Crippen LogP contribution in [0.1, 0.15) is 31.9 Å². The predicted molar refractivity (Wildman–Crippen MR) is 106 cm³/mol. The molecule has 0 amide bonds. The van der Waals surface area contributed by atoms with Gasteiger partial charge in [-0.2, -0.15) is 4.74 Å². The first kappa shape index (κ1) is 20.8. The number of aliphatic hydroxyl groups is 1. The van der Waals surface area contributed by atoms with Crippen LogP contribution in [0.5, 0.6) is 0 Å². The lowest BCUT2D eigenvalue weighted by Gasteiger charge is -2.42. The maximum Gasteiger partial charge on any atom is 0.238 e. The summed E-state index contributed by atoms with van der Waals surface area (Å²) in [6.45, 7) is 6.38. The molecule has 1 fully saturated rings. The SMILES string of the molecule is C[C+](C)O[C@H]1OC(C)[C@H](OCc2ccccc2)[C@H](OCc2ccccc2)C1O. The van der Waals surface area contributed by atoms with E-state index in [1.165, 1.54) is 0 Å². The zero-order chi connectivity index (χ0) is 19.9. The second kappa shape index (κ2) is 10.0. The summed E-state index contributed by atoms with van der Waals surface area (Å²) in [4.78, 5) is 0. The molecule has 0 aromatic heterocycles. The van der Waals surface area contributed by atoms with Crippen molar-refractivity contribution < 1.29 is 24.1 Å². The molecule has 0 saturated carbocycles. The highest BCUT2D eigenvalue weighted by Crippen LogP contribution is 2.29. The fourth-order valence-corrected chi connectivity index (χ4v) is 3.27. The third kappa shape index (κ3) is 5.56. The van der Waals surface area contributed by atoms with Gasteiger partial charge in [0, 0.05) is 0 Å². The highest BCUT2D eigenvalue weighted by molar-refractivity contribution is 5.14. The Balaban J connectivity index is 1.71. The first-order valence-corrected chi connectivity index (χ1v) is 9.66. The molecule has 2 unspecified atom stereocenters. The van der Waals surface area contributed by atoms with Crippen LogP contribution in [0.2, 0.25) is 0 Å². The van der Waals surface area contributed by atoms with E-state index < -0.39 is 24.6 Å². The van der Waals surface area contributed by atoms with Crippen molar-refractivity contribution in [1.29, 1.82) is 0 Å². The Bertz CT molecular complexity index is 691. The number of rotatable bonds is 8. The largest absolute Gasteiger partial charge is 0.385 e. The lowest BCUT2D eigenvalue weighted by molar-refractivity contribution is -0.306. The molecule has 5 atom stereocenters. The van der Waals surface area contributed by atoms with Crippen molar-refractivity contribution in [2.75, 3.05) is 0 Å². The Hall–Kier alpha value is -1.89. The zero-order valence-corrected chi connectivity index (χ0v) is 16.7. The fourth-order valence-electron chi connectivity index (χ4n) is 3.27. The predicted octanol–water partition coefficient (Wildman–Crippen LogP) is 3.85. The second-order valence-corrected chi connectivity index (χ2v) is 7.25. The average molecular weight is 385 g/mol. The van der Waals surface area contributed by atoms with E-state index in [2.05, 4.69) is 0 Å². The molecule has 2 aromatic carbocycles. The van der Waals surface area contributed by atoms with Gasteiger partial charge in [-0.05, 0) is 18.1 Å². The molecule has 3 rings (SSSR count). The van der Waals surface area contributed by atoms with Gasteiger partial charge in [-0.25, -0.2) is 0 Å². The van der Waals surface area contributed by atoms with Crippen LogP contribution in [0, 0.1) is 6.10 Å². The summed E-state index contributed by atoms with van der Waals surface area (Å²) in [5.41, 5.74) is 2.09. The highest BCUT2D eigenvalue weighted by Gasteiger charge is 2.47. The smallest absolute Gasteiger partial charge is 0.238 e. The van der Waals surface area contributed by atoms with Gasteiger partial charge >= 0.3 is 0 Å². The quantitative estimate of drug-likeness (QED) is 0.700. The minimum Gasteiger partial charge on any atom is -0.385 e. The number of ether oxygens (including phenoxy) is 4. The first-order valence-electron chi connectivity index (χ1n) is 9.66. The Morgan fingerprint density at radius 3 is 1.86 bits per heavy atom. The summed E-state index contributed by atoms with van der Waals surface area (Å²) in [6.07, 6.45) is -2.31. The summed E-state index contributed by atoms with van der Waals surface area (Å²) in [5, 5.41) is 10.9.